The lowest BCUT2D eigenvalue weighted by Crippen LogP contribution is -1.96. The van der Waals surface area contributed by atoms with Crippen LogP contribution in [0.1, 0.15) is 38.4 Å². The lowest BCUT2D eigenvalue weighted by atomic mass is 10.1. The Kier molecular flexibility index (Phi) is 3.96. The summed E-state index contributed by atoms with van der Waals surface area (Å²) in [6, 6.07) is 1.98. The van der Waals surface area contributed by atoms with Gasteiger partial charge in [0.15, 0.2) is 0 Å². The molecule has 0 aliphatic carbocycles. The van der Waals surface area contributed by atoms with Gasteiger partial charge < -0.3 is 9.67 Å². The van der Waals surface area contributed by atoms with E-state index < -0.39 is 0 Å². The van der Waals surface area contributed by atoms with Gasteiger partial charge in [0.1, 0.15) is 0 Å². The number of hydrogen-bond donors (Lipinski definition) is 1. The van der Waals surface area contributed by atoms with Crippen LogP contribution >= 0.6 is 0 Å². The van der Waals surface area contributed by atoms with E-state index in [-0.39, 0.29) is 6.10 Å². The number of aliphatic hydroxyl groups is 1. The Morgan fingerprint density at radius 1 is 1.64 bits per heavy atom. The van der Waals surface area contributed by atoms with E-state index in [0.29, 0.717) is 0 Å². The smallest absolute Gasteiger partial charge is 0.0802 e. The Morgan fingerprint density at radius 2 is 2.36 bits per heavy atom. The number of allylic oxidation sites excluding steroid dienone is 1. The quantitative estimate of drug-likeness (QED) is 0.715. The third-order valence-electron chi connectivity index (χ3n) is 2.34. The molecule has 0 fully saturated rings. The Hall–Kier alpha value is -1.02. The third-order valence-corrected chi connectivity index (χ3v) is 2.34. The highest BCUT2D eigenvalue weighted by molar-refractivity contribution is 5.13. The lowest BCUT2D eigenvalue weighted by molar-refractivity contribution is 0.173. The molecule has 2 nitrogen and oxygen atoms in total. The molecule has 1 unspecified atom stereocenters. The molecule has 0 saturated heterocycles. The molecule has 0 bridgehead atoms. The summed E-state index contributed by atoms with van der Waals surface area (Å²) in [6.45, 7) is 8.83. The van der Waals surface area contributed by atoms with Crippen LogP contribution in [0.3, 0.4) is 0 Å². The van der Waals surface area contributed by atoms with Gasteiger partial charge in [-0.15, -0.1) is 6.58 Å². The van der Waals surface area contributed by atoms with Gasteiger partial charge in [-0.05, 0) is 31.4 Å². The summed E-state index contributed by atoms with van der Waals surface area (Å²) in [5.41, 5.74) is 2.20. The van der Waals surface area contributed by atoms with Crippen molar-refractivity contribution in [1.82, 2.24) is 4.57 Å². The second-order valence-corrected chi connectivity index (χ2v) is 3.81. The molecular weight excluding hydrogens is 174 g/mol. The molecule has 1 aromatic rings. The highest BCUT2D eigenvalue weighted by Crippen LogP contribution is 2.16. The van der Waals surface area contributed by atoms with Gasteiger partial charge in [-0.1, -0.05) is 12.5 Å². The minimum Gasteiger partial charge on any atom is -0.388 e. The summed E-state index contributed by atoms with van der Waals surface area (Å²) >= 11 is 0. The summed E-state index contributed by atoms with van der Waals surface area (Å²) in [5.74, 6) is 0. The molecule has 1 aromatic heterocycles. The highest BCUT2D eigenvalue weighted by atomic mass is 16.3. The molecule has 0 aliphatic heterocycles. The summed E-state index contributed by atoms with van der Waals surface area (Å²) in [5, 5.41) is 9.59. The minimum atomic E-state index is -0.318. The van der Waals surface area contributed by atoms with Crippen LogP contribution in [0.5, 0.6) is 0 Å². The second kappa shape index (κ2) is 5.01. The zero-order valence-electron chi connectivity index (χ0n) is 9.03. The van der Waals surface area contributed by atoms with Gasteiger partial charge in [-0.2, -0.15) is 0 Å². The number of aliphatic hydroxyl groups excluding tert-OH is 1. The zero-order valence-corrected chi connectivity index (χ0v) is 9.03. The normalized spacial score (nSPS) is 12.8. The Bertz CT molecular complexity index is 301. The molecule has 1 heterocycles. The molecule has 0 radical (unpaired) electrons. The molecule has 0 spiro atoms. The number of rotatable bonds is 5. The van der Waals surface area contributed by atoms with Crippen molar-refractivity contribution in [3.63, 3.8) is 0 Å². The number of aryl methyl sites for hydroxylation is 1. The van der Waals surface area contributed by atoms with E-state index in [0.717, 1.165) is 24.9 Å². The van der Waals surface area contributed by atoms with Crippen LogP contribution < -0.4 is 0 Å². The fourth-order valence-electron chi connectivity index (χ4n) is 1.35. The molecular formula is C12H19NO. The average molecular weight is 193 g/mol. The van der Waals surface area contributed by atoms with E-state index >= 15 is 0 Å². The summed E-state index contributed by atoms with van der Waals surface area (Å²) in [7, 11) is 0. The van der Waals surface area contributed by atoms with Gasteiger partial charge in [0.05, 0.1) is 6.10 Å². The number of hydrogen-bond acceptors (Lipinski definition) is 1. The van der Waals surface area contributed by atoms with E-state index in [1.807, 2.05) is 32.3 Å². The average Bonchev–Trinajstić information content (AvgIpc) is 2.62. The first-order chi connectivity index (χ1) is 6.63. The SMILES string of the molecule is C=C(C)CCn1ccc(C(O)CC)c1. The van der Waals surface area contributed by atoms with Crippen LogP contribution in [-0.2, 0) is 6.54 Å². The molecule has 0 aromatic carbocycles. The van der Waals surface area contributed by atoms with Crippen LogP contribution in [0.15, 0.2) is 30.6 Å². The van der Waals surface area contributed by atoms with Crippen molar-refractivity contribution in [2.24, 2.45) is 0 Å². The first-order valence-electron chi connectivity index (χ1n) is 5.11. The summed E-state index contributed by atoms with van der Waals surface area (Å²) in [6.07, 6.45) is 5.47. The fraction of sp³-hybridized carbons (Fsp3) is 0.500. The number of aromatic nitrogens is 1. The lowest BCUT2D eigenvalue weighted by Gasteiger charge is -2.04. The zero-order chi connectivity index (χ0) is 10.6. The van der Waals surface area contributed by atoms with Crippen LogP contribution in [0, 0.1) is 0 Å². The van der Waals surface area contributed by atoms with Gasteiger partial charge in [0.25, 0.3) is 0 Å². The predicted octanol–water partition coefficient (Wildman–Crippen LogP) is 2.90. The van der Waals surface area contributed by atoms with Crippen molar-refractivity contribution in [3.05, 3.63) is 36.2 Å². The summed E-state index contributed by atoms with van der Waals surface area (Å²) < 4.78 is 2.10. The van der Waals surface area contributed by atoms with Gasteiger partial charge in [0, 0.05) is 18.9 Å². The van der Waals surface area contributed by atoms with Crippen LogP contribution in [0.2, 0.25) is 0 Å². The minimum absolute atomic E-state index is 0.318. The highest BCUT2D eigenvalue weighted by Gasteiger charge is 2.05. The van der Waals surface area contributed by atoms with Crippen molar-refractivity contribution in [1.29, 1.82) is 0 Å². The molecule has 0 saturated carbocycles. The van der Waals surface area contributed by atoms with Crippen molar-refractivity contribution in [2.75, 3.05) is 0 Å². The molecule has 78 valence electrons. The van der Waals surface area contributed by atoms with Crippen molar-refractivity contribution >= 4 is 0 Å². The van der Waals surface area contributed by atoms with E-state index in [4.69, 9.17) is 0 Å². The molecule has 14 heavy (non-hydrogen) atoms. The molecule has 0 amide bonds. The van der Waals surface area contributed by atoms with Crippen LogP contribution in [0.4, 0.5) is 0 Å². The first-order valence-corrected chi connectivity index (χ1v) is 5.11. The molecule has 1 N–H and O–H groups in total. The molecule has 1 rings (SSSR count). The van der Waals surface area contributed by atoms with Gasteiger partial charge in [-0.25, -0.2) is 0 Å². The van der Waals surface area contributed by atoms with Crippen molar-refractivity contribution in [3.8, 4) is 0 Å². The molecule has 1 atom stereocenters. The maximum absolute atomic E-state index is 9.59. The summed E-state index contributed by atoms with van der Waals surface area (Å²) in [4.78, 5) is 0. The first kappa shape index (κ1) is 11.1. The second-order valence-electron chi connectivity index (χ2n) is 3.81. The Labute approximate surface area is 85.9 Å². The van der Waals surface area contributed by atoms with E-state index in [1.165, 1.54) is 5.57 Å². The Balaban J connectivity index is 2.54. The number of nitrogens with zero attached hydrogens (tertiary/aromatic N) is 1. The monoisotopic (exact) mass is 193 g/mol. The van der Waals surface area contributed by atoms with E-state index in [9.17, 15) is 5.11 Å². The molecule has 0 aliphatic rings. The van der Waals surface area contributed by atoms with Crippen LogP contribution in [0.25, 0.3) is 0 Å². The molecule has 2 heteroatoms. The van der Waals surface area contributed by atoms with Gasteiger partial charge in [0.2, 0.25) is 0 Å². The maximum atomic E-state index is 9.59. The third kappa shape index (κ3) is 3.04. The van der Waals surface area contributed by atoms with Gasteiger partial charge >= 0.3 is 0 Å². The van der Waals surface area contributed by atoms with E-state index in [2.05, 4.69) is 11.1 Å². The van der Waals surface area contributed by atoms with Crippen molar-refractivity contribution < 1.29 is 5.11 Å². The largest absolute Gasteiger partial charge is 0.388 e. The van der Waals surface area contributed by atoms with Gasteiger partial charge in [-0.3, -0.25) is 0 Å². The van der Waals surface area contributed by atoms with Crippen LogP contribution in [-0.4, -0.2) is 9.67 Å². The van der Waals surface area contributed by atoms with Crippen molar-refractivity contribution in [2.45, 2.75) is 39.3 Å². The topological polar surface area (TPSA) is 25.2 Å². The predicted molar refractivity (Wildman–Crippen MR) is 59.1 cm³/mol. The Morgan fingerprint density at radius 3 is 2.93 bits per heavy atom. The van der Waals surface area contributed by atoms with E-state index in [1.54, 1.807) is 0 Å². The fourth-order valence-corrected chi connectivity index (χ4v) is 1.35. The standard InChI is InChI=1S/C12H19NO/c1-4-12(14)11-6-8-13(9-11)7-5-10(2)3/h6,8-9,12,14H,2,4-5,7H2,1,3H3. The maximum Gasteiger partial charge on any atom is 0.0802 e.